The van der Waals surface area contributed by atoms with Crippen LogP contribution >= 0.6 is 11.6 Å². The third-order valence-corrected chi connectivity index (χ3v) is 3.69. The second-order valence-corrected chi connectivity index (χ2v) is 5.38. The molecule has 5 heteroatoms. The van der Waals surface area contributed by atoms with E-state index in [4.69, 9.17) is 16.3 Å². The van der Waals surface area contributed by atoms with Gasteiger partial charge in [0.05, 0.1) is 12.6 Å². The van der Waals surface area contributed by atoms with E-state index in [1.54, 1.807) is 0 Å². The molecule has 0 saturated carbocycles. The molecule has 1 unspecified atom stereocenters. The summed E-state index contributed by atoms with van der Waals surface area (Å²) in [7, 11) is 0. The Morgan fingerprint density at radius 2 is 2.11 bits per heavy atom. The second-order valence-electron chi connectivity index (χ2n) is 5.04. The van der Waals surface area contributed by atoms with Crippen LogP contribution in [0.15, 0.2) is 24.3 Å². The van der Waals surface area contributed by atoms with Crippen molar-refractivity contribution in [3.05, 3.63) is 40.9 Å². The van der Waals surface area contributed by atoms with E-state index in [0.717, 1.165) is 23.6 Å². The highest BCUT2D eigenvalue weighted by Gasteiger charge is 2.27. The lowest BCUT2D eigenvalue weighted by molar-refractivity contribution is 0.254. The first-order valence-electron chi connectivity index (χ1n) is 6.50. The van der Waals surface area contributed by atoms with Gasteiger partial charge in [-0.25, -0.2) is 0 Å². The molecule has 100 valence electrons. The maximum absolute atomic E-state index is 6.24. The molecule has 0 amide bonds. The topological polar surface area (TPSA) is 39.9 Å². The van der Waals surface area contributed by atoms with Gasteiger partial charge in [-0.2, -0.15) is 0 Å². The quantitative estimate of drug-likeness (QED) is 0.844. The number of benzene rings is 1. The number of rotatable bonds is 2. The molecule has 3 rings (SSSR count). The van der Waals surface area contributed by atoms with Gasteiger partial charge in [-0.15, -0.1) is 10.2 Å². The summed E-state index contributed by atoms with van der Waals surface area (Å²) in [6, 6.07) is 8.24. The van der Waals surface area contributed by atoms with Gasteiger partial charge in [0.2, 0.25) is 5.28 Å². The zero-order valence-corrected chi connectivity index (χ0v) is 11.8. The fourth-order valence-corrected chi connectivity index (χ4v) is 2.80. The van der Waals surface area contributed by atoms with Crippen molar-refractivity contribution >= 4 is 11.6 Å². The average molecular weight is 278 g/mol. The molecule has 1 aromatic heterocycles. The fourth-order valence-electron chi connectivity index (χ4n) is 2.56. The molecule has 0 spiro atoms. The molecule has 0 fully saturated rings. The number of nitrogens with zero attached hydrogens (tertiary/aromatic N) is 3. The minimum atomic E-state index is 0.157. The maximum atomic E-state index is 6.24. The van der Waals surface area contributed by atoms with E-state index in [2.05, 4.69) is 30.1 Å². The molecule has 19 heavy (non-hydrogen) atoms. The molecule has 0 aliphatic carbocycles. The van der Waals surface area contributed by atoms with Gasteiger partial charge in [-0.1, -0.05) is 32.0 Å². The first kappa shape index (κ1) is 12.5. The van der Waals surface area contributed by atoms with Crippen LogP contribution in [0.1, 0.15) is 43.6 Å². The maximum Gasteiger partial charge on any atom is 0.225 e. The zero-order valence-electron chi connectivity index (χ0n) is 11.0. The highest BCUT2D eigenvalue weighted by atomic mass is 35.5. The van der Waals surface area contributed by atoms with Crippen LogP contribution in [0, 0.1) is 0 Å². The van der Waals surface area contributed by atoms with E-state index in [-0.39, 0.29) is 12.0 Å². The summed E-state index contributed by atoms with van der Waals surface area (Å²) in [5, 5.41) is 8.68. The summed E-state index contributed by atoms with van der Waals surface area (Å²) in [6.45, 7) is 4.89. The molecule has 0 saturated heterocycles. The largest absolute Gasteiger partial charge is 0.493 e. The van der Waals surface area contributed by atoms with Crippen LogP contribution in [-0.4, -0.2) is 21.4 Å². The average Bonchev–Trinajstić information content (AvgIpc) is 2.80. The van der Waals surface area contributed by atoms with Crippen molar-refractivity contribution in [3.63, 3.8) is 0 Å². The van der Waals surface area contributed by atoms with Gasteiger partial charge in [-0.3, -0.25) is 4.57 Å². The fraction of sp³-hybridized carbons (Fsp3) is 0.429. The minimum Gasteiger partial charge on any atom is -0.493 e. The summed E-state index contributed by atoms with van der Waals surface area (Å²) >= 11 is 6.24. The summed E-state index contributed by atoms with van der Waals surface area (Å²) in [6.07, 6.45) is 0.883. The van der Waals surface area contributed by atoms with Crippen LogP contribution < -0.4 is 4.74 Å². The number of aromatic nitrogens is 3. The summed E-state index contributed by atoms with van der Waals surface area (Å²) in [5.74, 6) is 2.14. The molecule has 1 aliphatic heterocycles. The number of halogens is 1. The Morgan fingerprint density at radius 1 is 1.32 bits per heavy atom. The highest BCUT2D eigenvalue weighted by Crippen LogP contribution is 2.37. The molecule has 1 aromatic carbocycles. The van der Waals surface area contributed by atoms with Crippen molar-refractivity contribution in [1.29, 1.82) is 0 Å². The lowest BCUT2D eigenvalue weighted by Crippen LogP contribution is -2.22. The lowest BCUT2D eigenvalue weighted by Gasteiger charge is -2.28. The van der Waals surface area contributed by atoms with Crippen molar-refractivity contribution < 1.29 is 4.74 Å². The Bertz CT molecular complexity index is 594. The van der Waals surface area contributed by atoms with Crippen LogP contribution in [0.5, 0.6) is 5.75 Å². The Kier molecular flexibility index (Phi) is 3.19. The molecule has 4 nitrogen and oxygen atoms in total. The van der Waals surface area contributed by atoms with Crippen LogP contribution in [0.25, 0.3) is 0 Å². The SMILES string of the molecule is CC(C)c1nnc(Cl)n1C1CCOc2ccccc21. The van der Waals surface area contributed by atoms with Crippen LogP contribution in [0.4, 0.5) is 0 Å². The van der Waals surface area contributed by atoms with Gasteiger partial charge < -0.3 is 4.74 Å². The number of para-hydroxylation sites is 1. The van der Waals surface area contributed by atoms with E-state index >= 15 is 0 Å². The van der Waals surface area contributed by atoms with Crippen molar-refractivity contribution in [2.45, 2.75) is 32.2 Å². The Hall–Kier alpha value is -1.55. The molecule has 1 atom stereocenters. The molecular formula is C14H16ClN3O. The Morgan fingerprint density at radius 3 is 2.89 bits per heavy atom. The Balaban J connectivity index is 2.11. The molecule has 2 aromatic rings. The monoisotopic (exact) mass is 277 g/mol. The minimum absolute atomic E-state index is 0.157. The normalized spacial score (nSPS) is 18.2. The van der Waals surface area contributed by atoms with Crippen molar-refractivity contribution in [3.8, 4) is 5.75 Å². The van der Waals surface area contributed by atoms with E-state index in [9.17, 15) is 0 Å². The third-order valence-electron chi connectivity index (χ3n) is 3.44. The lowest BCUT2D eigenvalue weighted by atomic mass is 10.00. The van der Waals surface area contributed by atoms with E-state index in [1.807, 2.05) is 22.8 Å². The number of fused-ring (bicyclic) bond motifs is 1. The Labute approximate surface area is 117 Å². The number of hydrogen-bond donors (Lipinski definition) is 0. The van der Waals surface area contributed by atoms with E-state index < -0.39 is 0 Å². The first-order chi connectivity index (χ1) is 9.18. The van der Waals surface area contributed by atoms with Crippen molar-refractivity contribution in [2.75, 3.05) is 6.61 Å². The summed E-state index contributed by atoms with van der Waals surface area (Å²) in [4.78, 5) is 0. The van der Waals surface area contributed by atoms with Gasteiger partial charge in [0.1, 0.15) is 11.6 Å². The third kappa shape index (κ3) is 2.10. The second kappa shape index (κ2) is 4.85. The molecular weight excluding hydrogens is 262 g/mol. The highest BCUT2D eigenvalue weighted by molar-refractivity contribution is 6.28. The van der Waals surface area contributed by atoms with Gasteiger partial charge in [-0.05, 0) is 17.7 Å². The smallest absolute Gasteiger partial charge is 0.225 e. The molecule has 2 heterocycles. The predicted octanol–water partition coefficient (Wildman–Crippen LogP) is 3.43. The number of hydrogen-bond acceptors (Lipinski definition) is 3. The standard InChI is InChI=1S/C14H16ClN3O/c1-9(2)13-16-17-14(15)18(13)11-7-8-19-12-6-4-3-5-10(11)12/h3-6,9,11H,7-8H2,1-2H3. The zero-order chi connectivity index (χ0) is 13.4. The first-order valence-corrected chi connectivity index (χ1v) is 6.88. The van der Waals surface area contributed by atoms with Crippen LogP contribution in [0.2, 0.25) is 5.28 Å². The molecule has 0 radical (unpaired) electrons. The van der Waals surface area contributed by atoms with Gasteiger partial charge in [0.25, 0.3) is 0 Å². The summed E-state index contributed by atoms with van der Waals surface area (Å²) < 4.78 is 7.73. The van der Waals surface area contributed by atoms with Gasteiger partial charge in [0, 0.05) is 17.9 Å². The van der Waals surface area contributed by atoms with E-state index in [0.29, 0.717) is 11.9 Å². The van der Waals surface area contributed by atoms with Crippen LogP contribution in [0.3, 0.4) is 0 Å². The van der Waals surface area contributed by atoms with Crippen LogP contribution in [-0.2, 0) is 0 Å². The molecule has 0 bridgehead atoms. The summed E-state index contributed by atoms with van der Waals surface area (Å²) in [5.41, 5.74) is 1.15. The van der Waals surface area contributed by atoms with E-state index in [1.165, 1.54) is 0 Å². The van der Waals surface area contributed by atoms with Gasteiger partial charge >= 0.3 is 0 Å². The van der Waals surface area contributed by atoms with Crippen molar-refractivity contribution in [2.24, 2.45) is 0 Å². The number of ether oxygens (including phenoxy) is 1. The van der Waals surface area contributed by atoms with Crippen molar-refractivity contribution in [1.82, 2.24) is 14.8 Å². The molecule has 0 N–H and O–H groups in total. The van der Waals surface area contributed by atoms with Gasteiger partial charge in [0.15, 0.2) is 0 Å². The predicted molar refractivity (Wildman–Crippen MR) is 73.8 cm³/mol. The molecule has 1 aliphatic rings.